The van der Waals surface area contributed by atoms with Crippen molar-refractivity contribution in [3.05, 3.63) is 47.8 Å². The molecule has 1 N–H and O–H groups in total. The number of aromatic nitrogens is 2. The molecule has 0 fully saturated rings. The fraction of sp³-hybridized carbons (Fsp3) is 0.250. The van der Waals surface area contributed by atoms with Gasteiger partial charge in [-0.05, 0) is 5.56 Å². The van der Waals surface area contributed by atoms with Gasteiger partial charge in [0.15, 0.2) is 5.69 Å². The molecule has 0 atom stereocenters. The monoisotopic (exact) mass is 263 g/mol. The number of hydrogen-bond acceptors (Lipinski definition) is 5. The first-order chi connectivity index (χ1) is 8.81. The van der Waals surface area contributed by atoms with Crippen LogP contribution in [0.15, 0.2) is 36.5 Å². The number of carbonyl (C=O) groups excluding carboxylic acids is 1. The van der Waals surface area contributed by atoms with Crippen molar-refractivity contribution in [1.82, 2.24) is 13.6 Å². The Morgan fingerprint density at radius 1 is 1.33 bits per heavy atom. The van der Waals surface area contributed by atoms with Crippen molar-refractivity contribution in [2.45, 2.75) is 6.54 Å². The van der Waals surface area contributed by atoms with E-state index in [9.17, 15) is 4.79 Å². The third-order valence-corrected chi connectivity index (χ3v) is 2.93. The molecule has 2 aromatic rings. The highest BCUT2D eigenvalue weighted by Crippen LogP contribution is 2.08. The number of aliphatic hydroxyl groups excluding tert-OH is 1. The summed E-state index contributed by atoms with van der Waals surface area (Å²) in [7, 11) is 0. The van der Waals surface area contributed by atoms with Crippen molar-refractivity contribution in [3.63, 3.8) is 0 Å². The van der Waals surface area contributed by atoms with Gasteiger partial charge in [0.05, 0.1) is 24.5 Å². The average Bonchev–Trinajstić information content (AvgIpc) is 2.92. The van der Waals surface area contributed by atoms with Crippen molar-refractivity contribution in [2.75, 3.05) is 13.2 Å². The van der Waals surface area contributed by atoms with Crippen LogP contribution < -0.4 is 0 Å². The van der Waals surface area contributed by atoms with Crippen LogP contribution in [0.3, 0.4) is 0 Å². The molecular weight excluding hydrogens is 250 g/mol. The predicted octanol–water partition coefficient (Wildman–Crippen LogP) is 1.17. The summed E-state index contributed by atoms with van der Waals surface area (Å²) in [6, 6.07) is 9.64. The summed E-state index contributed by atoms with van der Waals surface area (Å²) in [6.45, 7) is 0.666. The number of benzene rings is 1. The first-order valence-corrected chi connectivity index (χ1v) is 6.26. The van der Waals surface area contributed by atoms with E-state index in [0.717, 1.165) is 17.3 Å². The Labute approximate surface area is 109 Å². The third-order valence-electron chi connectivity index (χ3n) is 2.45. The van der Waals surface area contributed by atoms with E-state index >= 15 is 0 Å². The zero-order valence-electron chi connectivity index (χ0n) is 9.69. The van der Waals surface area contributed by atoms with Gasteiger partial charge < -0.3 is 10.0 Å². The highest BCUT2D eigenvalue weighted by atomic mass is 32.1. The van der Waals surface area contributed by atoms with Gasteiger partial charge in [0.25, 0.3) is 5.91 Å². The molecule has 0 spiro atoms. The van der Waals surface area contributed by atoms with Gasteiger partial charge in [-0.3, -0.25) is 4.79 Å². The number of hydrogen-bond donors (Lipinski definition) is 1. The summed E-state index contributed by atoms with van der Waals surface area (Å²) in [4.78, 5) is 13.7. The minimum atomic E-state index is -0.207. The zero-order chi connectivity index (χ0) is 12.8. The SMILES string of the molecule is O=C(c1cnsn1)N(CCO)Cc1ccccc1. The lowest BCUT2D eigenvalue weighted by atomic mass is 10.2. The smallest absolute Gasteiger partial charge is 0.275 e. The minimum absolute atomic E-state index is 0.0733. The number of carbonyl (C=O) groups is 1. The molecule has 1 amide bonds. The molecule has 1 aromatic carbocycles. The van der Waals surface area contributed by atoms with Crippen LogP contribution in [-0.4, -0.2) is 37.8 Å². The lowest BCUT2D eigenvalue weighted by Crippen LogP contribution is -2.33. The Balaban J connectivity index is 2.11. The first kappa shape index (κ1) is 12.7. The quantitative estimate of drug-likeness (QED) is 0.879. The van der Waals surface area contributed by atoms with E-state index in [-0.39, 0.29) is 19.1 Å². The van der Waals surface area contributed by atoms with Gasteiger partial charge in [-0.2, -0.15) is 8.75 Å². The highest BCUT2D eigenvalue weighted by molar-refractivity contribution is 6.99. The summed E-state index contributed by atoms with van der Waals surface area (Å²) >= 11 is 1.000. The summed E-state index contributed by atoms with van der Waals surface area (Å²) in [5.41, 5.74) is 1.34. The molecule has 0 bridgehead atoms. The Bertz CT molecular complexity index is 487. The molecule has 1 heterocycles. The van der Waals surface area contributed by atoms with E-state index in [1.807, 2.05) is 30.3 Å². The van der Waals surface area contributed by atoms with Crippen LogP contribution in [-0.2, 0) is 6.54 Å². The predicted molar refractivity (Wildman–Crippen MR) is 68.2 cm³/mol. The molecule has 0 saturated heterocycles. The lowest BCUT2D eigenvalue weighted by molar-refractivity contribution is 0.0703. The van der Waals surface area contributed by atoms with E-state index in [4.69, 9.17) is 5.11 Å². The summed E-state index contributed by atoms with van der Waals surface area (Å²) in [5.74, 6) is -0.207. The standard InChI is InChI=1S/C12H13N3O2S/c16-7-6-15(9-10-4-2-1-3-5-10)12(17)11-8-13-18-14-11/h1-5,8,16H,6-7,9H2. The van der Waals surface area contributed by atoms with Crippen LogP contribution in [0.5, 0.6) is 0 Å². The number of rotatable bonds is 5. The summed E-state index contributed by atoms with van der Waals surface area (Å²) in [6.07, 6.45) is 1.45. The van der Waals surface area contributed by atoms with E-state index in [2.05, 4.69) is 8.75 Å². The van der Waals surface area contributed by atoms with Gasteiger partial charge >= 0.3 is 0 Å². The maximum absolute atomic E-state index is 12.1. The largest absolute Gasteiger partial charge is 0.395 e. The van der Waals surface area contributed by atoms with Crippen LogP contribution in [0.25, 0.3) is 0 Å². The summed E-state index contributed by atoms with van der Waals surface area (Å²) < 4.78 is 7.73. The molecule has 0 aliphatic heterocycles. The molecular formula is C12H13N3O2S. The molecule has 1 aromatic heterocycles. The first-order valence-electron chi connectivity index (χ1n) is 5.53. The molecule has 6 heteroatoms. The number of nitrogens with zero attached hydrogens (tertiary/aromatic N) is 3. The van der Waals surface area contributed by atoms with E-state index in [1.54, 1.807) is 4.90 Å². The average molecular weight is 263 g/mol. The maximum Gasteiger partial charge on any atom is 0.275 e. The van der Waals surface area contributed by atoms with E-state index in [1.165, 1.54) is 6.20 Å². The number of amides is 1. The van der Waals surface area contributed by atoms with Crippen molar-refractivity contribution < 1.29 is 9.90 Å². The van der Waals surface area contributed by atoms with Crippen molar-refractivity contribution in [3.8, 4) is 0 Å². The molecule has 0 radical (unpaired) electrons. The Morgan fingerprint density at radius 2 is 2.11 bits per heavy atom. The van der Waals surface area contributed by atoms with E-state index in [0.29, 0.717) is 12.2 Å². The topological polar surface area (TPSA) is 66.3 Å². The molecule has 5 nitrogen and oxygen atoms in total. The zero-order valence-corrected chi connectivity index (χ0v) is 10.5. The Kier molecular flexibility index (Phi) is 4.38. The number of aliphatic hydroxyl groups is 1. The van der Waals surface area contributed by atoms with E-state index < -0.39 is 0 Å². The summed E-state index contributed by atoms with van der Waals surface area (Å²) in [5, 5.41) is 9.03. The molecule has 0 saturated carbocycles. The van der Waals surface area contributed by atoms with Gasteiger partial charge in [0.1, 0.15) is 0 Å². The van der Waals surface area contributed by atoms with Crippen LogP contribution in [0.2, 0.25) is 0 Å². The Morgan fingerprint density at radius 3 is 2.72 bits per heavy atom. The second kappa shape index (κ2) is 6.23. The van der Waals surface area contributed by atoms with Gasteiger partial charge in [0.2, 0.25) is 0 Å². The normalized spacial score (nSPS) is 10.3. The minimum Gasteiger partial charge on any atom is -0.395 e. The molecule has 0 unspecified atom stereocenters. The molecule has 2 rings (SSSR count). The van der Waals surface area contributed by atoms with Gasteiger partial charge in [-0.1, -0.05) is 30.3 Å². The third kappa shape index (κ3) is 3.12. The second-order valence-electron chi connectivity index (χ2n) is 3.73. The lowest BCUT2D eigenvalue weighted by Gasteiger charge is -2.20. The van der Waals surface area contributed by atoms with Crippen molar-refractivity contribution in [1.29, 1.82) is 0 Å². The second-order valence-corrected chi connectivity index (χ2v) is 4.29. The van der Waals surface area contributed by atoms with Gasteiger partial charge in [-0.15, -0.1) is 0 Å². The molecule has 18 heavy (non-hydrogen) atoms. The van der Waals surface area contributed by atoms with Crippen molar-refractivity contribution >= 4 is 17.6 Å². The van der Waals surface area contributed by atoms with Crippen LogP contribution in [0.1, 0.15) is 16.1 Å². The maximum atomic E-state index is 12.1. The van der Waals surface area contributed by atoms with Gasteiger partial charge in [-0.25, -0.2) is 0 Å². The Hall–Kier alpha value is -1.79. The van der Waals surface area contributed by atoms with Crippen LogP contribution in [0.4, 0.5) is 0 Å². The fourth-order valence-electron chi connectivity index (χ4n) is 1.60. The van der Waals surface area contributed by atoms with Crippen molar-refractivity contribution in [2.24, 2.45) is 0 Å². The van der Waals surface area contributed by atoms with Gasteiger partial charge in [0, 0.05) is 13.1 Å². The van der Waals surface area contributed by atoms with Crippen LogP contribution >= 0.6 is 11.7 Å². The van der Waals surface area contributed by atoms with Crippen LogP contribution in [0, 0.1) is 0 Å². The molecule has 0 aliphatic rings. The molecule has 0 aliphatic carbocycles. The molecule has 94 valence electrons. The highest BCUT2D eigenvalue weighted by Gasteiger charge is 2.17. The fourth-order valence-corrected chi connectivity index (χ4v) is 2.01.